The first-order chi connectivity index (χ1) is 10.1. The first-order valence-electron chi connectivity index (χ1n) is 7.16. The van der Waals surface area contributed by atoms with Gasteiger partial charge in [-0.3, -0.25) is 4.79 Å². The van der Waals surface area contributed by atoms with Gasteiger partial charge in [-0.15, -0.1) is 6.58 Å². The molecule has 0 spiro atoms. The van der Waals surface area contributed by atoms with E-state index < -0.39 is 5.97 Å². The molecule has 0 heterocycles. The average molecular weight is 294 g/mol. The molecule has 0 bridgehead atoms. The number of benzene rings is 1. The Labute approximate surface area is 127 Å². The van der Waals surface area contributed by atoms with Gasteiger partial charge in [-0.05, 0) is 24.3 Å². The smallest absolute Gasteiger partial charge is 0.303 e. The van der Waals surface area contributed by atoms with Crippen molar-refractivity contribution in [2.45, 2.75) is 32.6 Å². The van der Waals surface area contributed by atoms with E-state index >= 15 is 0 Å². The summed E-state index contributed by atoms with van der Waals surface area (Å²) in [6, 6.07) is 10.2. The molecule has 118 valence electrons. The van der Waals surface area contributed by atoms with Gasteiger partial charge in [0, 0.05) is 6.42 Å². The zero-order valence-corrected chi connectivity index (χ0v) is 13.0. The Morgan fingerprint density at radius 3 is 2.48 bits per heavy atom. The molecule has 1 aromatic carbocycles. The van der Waals surface area contributed by atoms with Gasteiger partial charge < -0.3 is 5.11 Å². The first kappa shape index (κ1) is 19.4. The summed E-state index contributed by atoms with van der Waals surface area (Å²) in [7, 11) is 1.46. The highest BCUT2D eigenvalue weighted by Crippen LogP contribution is 2.16. The minimum absolute atomic E-state index is 0.295. The van der Waals surface area contributed by atoms with E-state index in [0.29, 0.717) is 18.9 Å². The van der Waals surface area contributed by atoms with Gasteiger partial charge in [-0.25, -0.2) is 9.78 Å². The van der Waals surface area contributed by atoms with Crippen LogP contribution >= 0.6 is 0 Å². The number of hydrogen-bond donors (Lipinski definition) is 1. The summed E-state index contributed by atoms with van der Waals surface area (Å²) in [5, 5.41) is 8.71. The Hall–Kier alpha value is -1.65. The molecule has 1 atom stereocenters. The van der Waals surface area contributed by atoms with Crippen molar-refractivity contribution in [2.24, 2.45) is 5.92 Å². The quantitative estimate of drug-likeness (QED) is 0.325. The molecule has 21 heavy (non-hydrogen) atoms. The number of carboxylic acids is 1. The molecule has 0 saturated carbocycles. The Kier molecular flexibility index (Phi) is 12.3. The average Bonchev–Trinajstić information content (AvgIpc) is 2.50. The van der Waals surface area contributed by atoms with Crippen LogP contribution in [0.3, 0.4) is 0 Å². The highest BCUT2D eigenvalue weighted by molar-refractivity contribution is 5.66. The number of carbonyl (C=O) groups is 1. The Morgan fingerprint density at radius 2 is 2.05 bits per heavy atom. The lowest BCUT2D eigenvalue weighted by molar-refractivity contribution is -0.263. The van der Waals surface area contributed by atoms with Gasteiger partial charge in [-0.2, -0.15) is 0 Å². The fourth-order valence-electron chi connectivity index (χ4n) is 1.83. The van der Waals surface area contributed by atoms with Crippen molar-refractivity contribution in [3.05, 3.63) is 48.6 Å². The molecule has 0 saturated heterocycles. The molecule has 1 N–H and O–H groups in total. The Balaban J connectivity index is 0.000000567. The largest absolute Gasteiger partial charge is 0.481 e. The van der Waals surface area contributed by atoms with E-state index in [0.717, 1.165) is 19.3 Å². The third kappa shape index (κ3) is 11.8. The van der Waals surface area contributed by atoms with Gasteiger partial charge >= 0.3 is 5.97 Å². The predicted molar refractivity (Wildman–Crippen MR) is 84.0 cm³/mol. The standard InChI is InChI=1S/C13H18O2.C4H8O2/c1-2-11(10-13(14)15)8-9-12-6-4-3-5-7-12;1-3-4-6-5-2/h3-7,11H,2,8-10H2,1H3,(H,14,15);3H,1,4H2,2H3. The van der Waals surface area contributed by atoms with Crippen LogP contribution in [-0.2, 0) is 21.0 Å². The highest BCUT2D eigenvalue weighted by atomic mass is 17.2. The van der Waals surface area contributed by atoms with Crippen molar-refractivity contribution in [2.75, 3.05) is 13.7 Å². The lowest BCUT2D eigenvalue weighted by Crippen LogP contribution is -2.07. The van der Waals surface area contributed by atoms with Gasteiger partial charge in [0.05, 0.1) is 7.11 Å². The fraction of sp³-hybridized carbons (Fsp3) is 0.471. The number of aliphatic carboxylic acids is 1. The number of hydrogen-bond acceptors (Lipinski definition) is 3. The summed E-state index contributed by atoms with van der Waals surface area (Å²) in [5.41, 5.74) is 1.29. The molecule has 0 fully saturated rings. The lowest BCUT2D eigenvalue weighted by atomic mass is 9.94. The van der Waals surface area contributed by atoms with Crippen molar-refractivity contribution in [1.82, 2.24) is 0 Å². The molecule has 0 aliphatic rings. The predicted octanol–water partition coefficient (Wildman–Crippen LogP) is 3.87. The molecule has 4 nitrogen and oxygen atoms in total. The van der Waals surface area contributed by atoms with Crippen molar-refractivity contribution in [1.29, 1.82) is 0 Å². The topological polar surface area (TPSA) is 55.8 Å². The maximum absolute atomic E-state index is 10.6. The van der Waals surface area contributed by atoms with E-state index in [1.165, 1.54) is 12.7 Å². The van der Waals surface area contributed by atoms with Gasteiger partial charge in [0.2, 0.25) is 0 Å². The summed E-state index contributed by atoms with van der Waals surface area (Å²) >= 11 is 0. The van der Waals surface area contributed by atoms with Crippen LogP contribution in [0.2, 0.25) is 0 Å². The van der Waals surface area contributed by atoms with Crippen LogP contribution in [0.4, 0.5) is 0 Å². The number of rotatable bonds is 9. The third-order valence-electron chi connectivity index (χ3n) is 3.03. The lowest BCUT2D eigenvalue weighted by Gasteiger charge is -2.11. The zero-order chi connectivity index (χ0) is 15.9. The summed E-state index contributed by atoms with van der Waals surface area (Å²) in [6.45, 7) is 5.90. The molecule has 0 radical (unpaired) electrons. The van der Waals surface area contributed by atoms with E-state index in [1.807, 2.05) is 18.2 Å². The van der Waals surface area contributed by atoms with Crippen LogP contribution < -0.4 is 0 Å². The summed E-state index contributed by atoms with van der Waals surface area (Å²) < 4.78 is 0. The maximum Gasteiger partial charge on any atom is 0.303 e. The van der Waals surface area contributed by atoms with Gasteiger partial charge in [0.1, 0.15) is 6.61 Å². The van der Waals surface area contributed by atoms with Crippen molar-refractivity contribution >= 4 is 5.97 Å². The van der Waals surface area contributed by atoms with Gasteiger partial charge in [0.25, 0.3) is 0 Å². The van der Waals surface area contributed by atoms with Crippen LogP contribution in [0.5, 0.6) is 0 Å². The van der Waals surface area contributed by atoms with Crippen LogP contribution in [0, 0.1) is 5.92 Å². The number of carboxylic acid groups (broad SMARTS) is 1. The van der Waals surface area contributed by atoms with Crippen molar-refractivity contribution in [3.8, 4) is 0 Å². The molecule has 0 aliphatic carbocycles. The van der Waals surface area contributed by atoms with Crippen molar-refractivity contribution < 1.29 is 19.7 Å². The second kappa shape index (κ2) is 13.3. The normalized spacial score (nSPS) is 11.1. The molecule has 1 unspecified atom stereocenters. The molecule has 1 rings (SSSR count). The van der Waals surface area contributed by atoms with Crippen LogP contribution in [0.25, 0.3) is 0 Å². The third-order valence-corrected chi connectivity index (χ3v) is 3.03. The van der Waals surface area contributed by atoms with Gasteiger partial charge in [0.15, 0.2) is 0 Å². The van der Waals surface area contributed by atoms with Crippen molar-refractivity contribution in [3.63, 3.8) is 0 Å². The highest BCUT2D eigenvalue weighted by Gasteiger charge is 2.10. The fourth-order valence-corrected chi connectivity index (χ4v) is 1.83. The van der Waals surface area contributed by atoms with Crippen LogP contribution in [0.1, 0.15) is 31.7 Å². The molecule has 0 amide bonds. The Morgan fingerprint density at radius 1 is 1.38 bits per heavy atom. The van der Waals surface area contributed by atoms with Crippen LogP contribution in [0.15, 0.2) is 43.0 Å². The van der Waals surface area contributed by atoms with Gasteiger partial charge in [-0.1, -0.05) is 49.8 Å². The Bertz CT molecular complexity index is 376. The second-order valence-corrected chi connectivity index (χ2v) is 4.64. The molecular weight excluding hydrogens is 268 g/mol. The van der Waals surface area contributed by atoms with Crippen LogP contribution in [-0.4, -0.2) is 24.8 Å². The summed E-state index contributed by atoms with van der Waals surface area (Å²) in [6.07, 6.45) is 4.80. The number of aryl methyl sites for hydroxylation is 1. The minimum Gasteiger partial charge on any atom is -0.481 e. The SMILES string of the molecule is C=CCOOC.CCC(CCc1ccccc1)CC(=O)O. The molecule has 0 aliphatic heterocycles. The summed E-state index contributed by atoms with van der Waals surface area (Å²) in [4.78, 5) is 19.2. The molecule has 1 aromatic rings. The maximum atomic E-state index is 10.6. The summed E-state index contributed by atoms with van der Waals surface area (Å²) in [5.74, 6) is -0.377. The van der Waals surface area contributed by atoms with E-state index in [-0.39, 0.29) is 0 Å². The van der Waals surface area contributed by atoms with E-state index in [1.54, 1.807) is 6.08 Å². The minimum atomic E-state index is -0.685. The second-order valence-electron chi connectivity index (χ2n) is 4.64. The zero-order valence-electron chi connectivity index (χ0n) is 13.0. The van der Waals surface area contributed by atoms with E-state index in [9.17, 15) is 4.79 Å². The molecular formula is C17H26O4. The van der Waals surface area contributed by atoms with E-state index in [4.69, 9.17) is 5.11 Å². The molecule has 4 heteroatoms. The molecule has 0 aromatic heterocycles. The first-order valence-corrected chi connectivity index (χ1v) is 7.16. The monoisotopic (exact) mass is 294 g/mol. The van der Waals surface area contributed by atoms with E-state index in [2.05, 4.69) is 35.4 Å².